The maximum atomic E-state index is 12.4. The molecule has 0 aliphatic rings. The third-order valence-corrected chi connectivity index (χ3v) is 4.01. The summed E-state index contributed by atoms with van der Waals surface area (Å²) in [5, 5.41) is 31.8. The summed E-state index contributed by atoms with van der Waals surface area (Å²) in [5.41, 5.74) is 2.06. The van der Waals surface area contributed by atoms with Crippen molar-refractivity contribution in [3.63, 3.8) is 0 Å². The monoisotopic (exact) mass is 347 g/mol. The van der Waals surface area contributed by atoms with Gasteiger partial charge in [0.1, 0.15) is 5.56 Å². The first-order chi connectivity index (χ1) is 12.6. The van der Waals surface area contributed by atoms with E-state index in [1.54, 1.807) is 18.2 Å². The summed E-state index contributed by atoms with van der Waals surface area (Å²) in [6.07, 6.45) is 1.10. The Kier molecular flexibility index (Phi) is 4.90. The number of amides is 1. The van der Waals surface area contributed by atoms with E-state index >= 15 is 0 Å². The molecule has 0 unspecified atom stereocenters. The molecular formula is C20H17N3O3. The van der Waals surface area contributed by atoms with E-state index in [4.69, 9.17) is 5.26 Å². The molecule has 1 amide bonds. The summed E-state index contributed by atoms with van der Waals surface area (Å²) in [6, 6.07) is 18.1. The van der Waals surface area contributed by atoms with E-state index in [1.807, 2.05) is 36.4 Å². The number of aryl methyl sites for hydroxylation is 2. The van der Waals surface area contributed by atoms with Crippen molar-refractivity contribution in [2.24, 2.45) is 0 Å². The molecule has 6 heteroatoms. The van der Waals surface area contributed by atoms with Crippen molar-refractivity contribution >= 4 is 11.6 Å². The van der Waals surface area contributed by atoms with Crippen molar-refractivity contribution in [1.82, 2.24) is 4.98 Å². The van der Waals surface area contributed by atoms with Crippen molar-refractivity contribution in [3.8, 4) is 17.7 Å². The average molecular weight is 347 g/mol. The van der Waals surface area contributed by atoms with Crippen LogP contribution in [0.5, 0.6) is 11.6 Å². The van der Waals surface area contributed by atoms with Crippen LogP contribution in [0.25, 0.3) is 0 Å². The van der Waals surface area contributed by atoms with Crippen LogP contribution in [0.2, 0.25) is 0 Å². The van der Waals surface area contributed by atoms with Crippen LogP contribution < -0.4 is 5.32 Å². The Morgan fingerprint density at radius 3 is 2.58 bits per heavy atom. The zero-order valence-electron chi connectivity index (χ0n) is 13.9. The summed E-state index contributed by atoms with van der Waals surface area (Å²) in [7, 11) is 0. The normalized spacial score (nSPS) is 10.3. The lowest BCUT2D eigenvalue weighted by molar-refractivity contribution is 0.102. The number of hydrogen-bond acceptors (Lipinski definition) is 4. The second-order valence-electron chi connectivity index (χ2n) is 5.81. The number of H-pyrrole nitrogens is 1. The van der Waals surface area contributed by atoms with Gasteiger partial charge in [-0.3, -0.25) is 4.79 Å². The van der Waals surface area contributed by atoms with E-state index in [0.717, 1.165) is 5.56 Å². The summed E-state index contributed by atoms with van der Waals surface area (Å²) >= 11 is 0. The SMILES string of the molecule is N#Cc1cccc(NC(=O)c2c(O)[nH]c(CCc3ccccc3)c2O)c1. The van der Waals surface area contributed by atoms with Gasteiger partial charge in [0.05, 0.1) is 17.3 Å². The topological polar surface area (TPSA) is 109 Å². The average Bonchev–Trinajstić information content (AvgIpc) is 2.94. The molecule has 0 bridgehead atoms. The van der Waals surface area contributed by atoms with Crippen LogP contribution in [-0.4, -0.2) is 21.1 Å². The number of carbonyl (C=O) groups is 1. The van der Waals surface area contributed by atoms with E-state index in [9.17, 15) is 15.0 Å². The number of nitrogens with zero attached hydrogens (tertiary/aromatic N) is 1. The fourth-order valence-corrected chi connectivity index (χ4v) is 2.70. The number of nitrogens with one attached hydrogen (secondary N) is 2. The molecule has 0 aliphatic carbocycles. The Morgan fingerprint density at radius 1 is 1.08 bits per heavy atom. The summed E-state index contributed by atoms with van der Waals surface area (Å²) in [6.45, 7) is 0. The predicted molar refractivity (Wildman–Crippen MR) is 97.1 cm³/mol. The highest BCUT2D eigenvalue weighted by molar-refractivity contribution is 6.08. The fraction of sp³-hybridized carbons (Fsp3) is 0.100. The quantitative estimate of drug-likeness (QED) is 0.567. The van der Waals surface area contributed by atoms with Gasteiger partial charge in [0.25, 0.3) is 5.91 Å². The van der Waals surface area contributed by atoms with E-state index in [-0.39, 0.29) is 17.2 Å². The van der Waals surface area contributed by atoms with Crippen LogP contribution in [-0.2, 0) is 12.8 Å². The number of hydrogen-bond donors (Lipinski definition) is 4. The molecule has 0 aliphatic heterocycles. The van der Waals surface area contributed by atoms with Gasteiger partial charge in [-0.15, -0.1) is 0 Å². The Balaban J connectivity index is 1.76. The zero-order chi connectivity index (χ0) is 18.5. The smallest absolute Gasteiger partial charge is 0.264 e. The number of anilines is 1. The molecule has 0 saturated heterocycles. The van der Waals surface area contributed by atoms with Gasteiger partial charge in [0.15, 0.2) is 5.75 Å². The maximum Gasteiger partial charge on any atom is 0.264 e. The number of rotatable bonds is 5. The molecule has 0 radical (unpaired) electrons. The lowest BCUT2D eigenvalue weighted by atomic mass is 10.1. The van der Waals surface area contributed by atoms with Gasteiger partial charge in [-0.2, -0.15) is 5.26 Å². The van der Waals surface area contributed by atoms with Crippen molar-refractivity contribution in [2.45, 2.75) is 12.8 Å². The van der Waals surface area contributed by atoms with Crippen molar-refractivity contribution in [2.75, 3.05) is 5.32 Å². The standard InChI is InChI=1S/C20H17N3O3/c21-12-14-7-4-8-15(11-14)22-19(25)17-18(24)16(23-20(17)26)10-9-13-5-2-1-3-6-13/h1-8,11,23-24,26H,9-10H2,(H,22,25). The zero-order valence-corrected chi connectivity index (χ0v) is 13.9. The Bertz CT molecular complexity index is 972. The van der Waals surface area contributed by atoms with Crippen LogP contribution in [0.1, 0.15) is 27.2 Å². The summed E-state index contributed by atoms with van der Waals surface area (Å²) in [5.74, 6) is -1.32. The number of aromatic nitrogens is 1. The molecule has 3 aromatic rings. The minimum absolute atomic E-state index is 0.213. The van der Waals surface area contributed by atoms with Crippen molar-refractivity contribution in [1.29, 1.82) is 5.26 Å². The lowest BCUT2D eigenvalue weighted by Gasteiger charge is -2.05. The van der Waals surface area contributed by atoms with Gasteiger partial charge in [0.2, 0.25) is 5.88 Å². The molecule has 130 valence electrons. The number of benzene rings is 2. The van der Waals surface area contributed by atoms with Crippen LogP contribution in [0, 0.1) is 11.3 Å². The van der Waals surface area contributed by atoms with Gasteiger partial charge in [0, 0.05) is 5.69 Å². The largest absolute Gasteiger partial charge is 0.505 e. The predicted octanol–water partition coefficient (Wildman–Crippen LogP) is 3.34. The Labute approximate surface area is 150 Å². The highest BCUT2D eigenvalue weighted by Crippen LogP contribution is 2.32. The van der Waals surface area contributed by atoms with Gasteiger partial charge < -0.3 is 20.5 Å². The minimum Gasteiger partial charge on any atom is -0.505 e. The third-order valence-electron chi connectivity index (χ3n) is 4.01. The molecule has 2 aromatic carbocycles. The van der Waals surface area contributed by atoms with Gasteiger partial charge in [-0.1, -0.05) is 36.4 Å². The molecule has 0 fully saturated rings. The van der Waals surface area contributed by atoms with Gasteiger partial charge >= 0.3 is 0 Å². The lowest BCUT2D eigenvalue weighted by Crippen LogP contribution is -2.11. The van der Waals surface area contributed by atoms with Crippen LogP contribution >= 0.6 is 0 Å². The molecule has 6 nitrogen and oxygen atoms in total. The number of aromatic amines is 1. The van der Waals surface area contributed by atoms with Crippen molar-refractivity contribution in [3.05, 3.63) is 77.0 Å². The molecular weight excluding hydrogens is 330 g/mol. The number of nitriles is 1. The first-order valence-electron chi connectivity index (χ1n) is 8.06. The van der Waals surface area contributed by atoms with Crippen molar-refractivity contribution < 1.29 is 15.0 Å². The Morgan fingerprint density at radius 2 is 1.85 bits per heavy atom. The maximum absolute atomic E-state index is 12.4. The molecule has 3 rings (SSSR count). The fourth-order valence-electron chi connectivity index (χ4n) is 2.70. The first kappa shape index (κ1) is 17.1. The number of carbonyl (C=O) groups excluding carboxylic acids is 1. The molecule has 1 aromatic heterocycles. The first-order valence-corrected chi connectivity index (χ1v) is 8.06. The molecule has 1 heterocycles. The van der Waals surface area contributed by atoms with Crippen LogP contribution in [0.4, 0.5) is 5.69 Å². The molecule has 26 heavy (non-hydrogen) atoms. The number of aromatic hydroxyl groups is 2. The highest BCUT2D eigenvalue weighted by Gasteiger charge is 2.23. The Hall–Kier alpha value is -3.72. The highest BCUT2D eigenvalue weighted by atomic mass is 16.3. The minimum atomic E-state index is -0.655. The second-order valence-corrected chi connectivity index (χ2v) is 5.81. The van der Waals surface area contributed by atoms with Crippen LogP contribution in [0.15, 0.2) is 54.6 Å². The summed E-state index contributed by atoms with van der Waals surface area (Å²) in [4.78, 5) is 15.1. The summed E-state index contributed by atoms with van der Waals surface area (Å²) < 4.78 is 0. The van der Waals surface area contributed by atoms with E-state index in [1.165, 1.54) is 6.07 Å². The van der Waals surface area contributed by atoms with Gasteiger partial charge in [-0.05, 0) is 36.6 Å². The second kappa shape index (κ2) is 7.45. The molecule has 0 atom stereocenters. The molecule has 0 spiro atoms. The molecule has 0 saturated carbocycles. The molecule has 4 N–H and O–H groups in total. The van der Waals surface area contributed by atoms with E-state index < -0.39 is 5.91 Å². The third kappa shape index (κ3) is 3.68. The van der Waals surface area contributed by atoms with Gasteiger partial charge in [-0.25, -0.2) is 0 Å². The van der Waals surface area contributed by atoms with E-state index in [0.29, 0.717) is 29.8 Å². The van der Waals surface area contributed by atoms with Crippen LogP contribution in [0.3, 0.4) is 0 Å². The van der Waals surface area contributed by atoms with E-state index in [2.05, 4.69) is 10.3 Å².